The van der Waals surface area contributed by atoms with Gasteiger partial charge in [0.05, 0.1) is 12.0 Å². The van der Waals surface area contributed by atoms with Crippen molar-refractivity contribution < 1.29 is 19.1 Å². The van der Waals surface area contributed by atoms with Crippen LogP contribution in [0.25, 0.3) is 6.08 Å². The number of carbonyl (C=O) groups is 2. The van der Waals surface area contributed by atoms with E-state index in [1.807, 2.05) is 19.1 Å². The number of aryl methyl sites for hydroxylation is 1. The number of benzene rings is 3. The standard InChI is InChI=1S/C26H20Cl2N2O4S2/c1-15-6-9-17(10-7-15)24(31)29-30-25(32)23(36-26(30)35)13-16-8-11-21(22(12-16)33-2)34-14-18-19(27)4-3-5-20(18)28/h3-13H,14H2,1-2H3,(H,29,31)/b23-13-. The summed E-state index contributed by atoms with van der Waals surface area (Å²) in [5.74, 6) is 0.117. The van der Waals surface area contributed by atoms with Gasteiger partial charge in [0.1, 0.15) is 6.61 Å². The molecule has 36 heavy (non-hydrogen) atoms. The highest BCUT2D eigenvalue weighted by Crippen LogP contribution is 2.35. The highest BCUT2D eigenvalue weighted by molar-refractivity contribution is 8.26. The minimum atomic E-state index is -0.422. The Kier molecular flexibility index (Phi) is 8.21. The van der Waals surface area contributed by atoms with Gasteiger partial charge in [0.25, 0.3) is 11.8 Å². The van der Waals surface area contributed by atoms with Crippen molar-refractivity contribution >= 4 is 69.4 Å². The van der Waals surface area contributed by atoms with E-state index in [0.29, 0.717) is 43.1 Å². The summed E-state index contributed by atoms with van der Waals surface area (Å²) in [6.07, 6.45) is 1.68. The first kappa shape index (κ1) is 26.0. The number of rotatable bonds is 7. The van der Waals surface area contributed by atoms with Gasteiger partial charge in [-0.05, 0) is 67.2 Å². The Bertz CT molecular complexity index is 1360. The molecule has 0 radical (unpaired) electrons. The van der Waals surface area contributed by atoms with Gasteiger partial charge in [0, 0.05) is 21.2 Å². The van der Waals surface area contributed by atoms with Gasteiger partial charge in [-0.15, -0.1) is 0 Å². The lowest BCUT2D eigenvalue weighted by Gasteiger charge is -2.15. The summed E-state index contributed by atoms with van der Waals surface area (Å²) in [7, 11) is 1.52. The van der Waals surface area contributed by atoms with Crippen molar-refractivity contribution in [2.24, 2.45) is 0 Å². The molecule has 0 saturated carbocycles. The van der Waals surface area contributed by atoms with Crippen LogP contribution in [-0.2, 0) is 11.4 Å². The second-order valence-electron chi connectivity index (χ2n) is 7.72. The molecular formula is C26H20Cl2N2O4S2. The van der Waals surface area contributed by atoms with Gasteiger partial charge in [-0.2, -0.15) is 5.01 Å². The summed E-state index contributed by atoms with van der Waals surface area (Å²) >= 11 is 18.9. The number of hydrogen-bond acceptors (Lipinski definition) is 6. The number of amides is 2. The molecular weight excluding hydrogens is 539 g/mol. The minimum Gasteiger partial charge on any atom is -0.493 e. The summed E-state index contributed by atoms with van der Waals surface area (Å²) in [4.78, 5) is 25.9. The first-order valence-corrected chi connectivity index (χ1v) is 12.6. The summed E-state index contributed by atoms with van der Waals surface area (Å²) < 4.78 is 11.6. The molecule has 0 bridgehead atoms. The lowest BCUT2D eigenvalue weighted by Crippen LogP contribution is -2.44. The zero-order valence-electron chi connectivity index (χ0n) is 19.2. The fourth-order valence-corrected chi connectivity index (χ4v) is 4.99. The van der Waals surface area contributed by atoms with Crippen molar-refractivity contribution in [3.8, 4) is 11.5 Å². The van der Waals surface area contributed by atoms with Crippen LogP contribution < -0.4 is 14.9 Å². The van der Waals surface area contributed by atoms with Gasteiger partial charge in [-0.25, -0.2) is 0 Å². The highest BCUT2D eigenvalue weighted by atomic mass is 35.5. The van der Waals surface area contributed by atoms with Crippen LogP contribution in [0.5, 0.6) is 11.5 Å². The van der Waals surface area contributed by atoms with Crippen LogP contribution in [0.4, 0.5) is 0 Å². The Morgan fingerprint density at radius 3 is 2.44 bits per heavy atom. The van der Waals surface area contributed by atoms with Gasteiger partial charge < -0.3 is 9.47 Å². The number of thiocarbonyl (C=S) groups is 1. The fraction of sp³-hybridized carbons (Fsp3) is 0.115. The lowest BCUT2D eigenvalue weighted by molar-refractivity contribution is -0.123. The first-order valence-electron chi connectivity index (χ1n) is 10.7. The monoisotopic (exact) mass is 558 g/mol. The van der Waals surface area contributed by atoms with E-state index in [0.717, 1.165) is 22.3 Å². The van der Waals surface area contributed by atoms with Gasteiger partial charge in [-0.1, -0.05) is 64.8 Å². The maximum absolute atomic E-state index is 12.9. The number of hydrazine groups is 1. The Labute approximate surface area is 228 Å². The van der Waals surface area contributed by atoms with Crippen LogP contribution in [0.1, 0.15) is 27.0 Å². The first-order chi connectivity index (χ1) is 17.3. The summed E-state index contributed by atoms with van der Waals surface area (Å²) in [5.41, 5.74) is 5.40. The SMILES string of the molecule is COc1cc(/C=C2\SC(=S)N(NC(=O)c3ccc(C)cc3)C2=O)ccc1OCc1c(Cl)cccc1Cl. The van der Waals surface area contributed by atoms with E-state index >= 15 is 0 Å². The minimum absolute atomic E-state index is 0.160. The number of nitrogens with zero attached hydrogens (tertiary/aromatic N) is 1. The van der Waals surface area contributed by atoms with Crippen molar-refractivity contribution in [2.45, 2.75) is 13.5 Å². The van der Waals surface area contributed by atoms with Gasteiger partial charge in [0.15, 0.2) is 15.8 Å². The Morgan fingerprint density at radius 2 is 1.78 bits per heavy atom. The van der Waals surface area contributed by atoms with Crippen LogP contribution in [0.2, 0.25) is 10.0 Å². The summed E-state index contributed by atoms with van der Waals surface area (Å²) in [6, 6.07) is 17.5. The van der Waals surface area contributed by atoms with Crippen LogP contribution in [-0.4, -0.2) is 28.3 Å². The molecule has 3 aromatic rings. The molecule has 4 rings (SSSR count). The number of hydrogen-bond donors (Lipinski definition) is 1. The summed E-state index contributed by atoms with van der Waals surface area (Å²) in [5, 5.41) is 2.10. The molecule has 1 saturated heterocycles. The number of carbonyl (C=O) groups excluding carboxylic acids is 2. The Balaban J connectivity index is 1.48. The van der Waals surface area contributed by atoms with E-state index in [2.05, 4.69) is 5.43 Å². The molecule has 1 aliphatic heterocycles. The molecule has 6 nitrogen and oxygen atoms in total. The zero-order valence-corrected chi connectivity index (χ0v) is 22.4. The number of nitrogens with one attached hydrogen (secondary N) is 1. The van der Waals surface area contributed by atoms with Crippen LogP contribution in [0, 0.1) is 6.92 Å². The van der Waals surface area contributed by atoms with Crippen LogP contribution in [0.3, 0.4) is 0 Å². The molecule has 0 aromatic heterocycles. The molecule has 1 heterocycles. The normalized spacial score (nSPS) is 14.3. The average Bonchev–Trinajstić information content (AvgIpc) is 3.11. The molecule has 2 amide bonds. The molecule has 1 fully saturated rings. The van der Waals surface area contributed by atoms with Crippen molar-refractivity contribution in [3.63, 3.8) is 0 Å². The Morgan fingerprint density at radius 1 is 1.08 bits per heavy atom. The van der Waals surface area contributed by atoms with E-state index in [-0.39, 0.29) is 10.9 Å². The largest absolute Gasteiger partial charge is 0.493 e. The number of methoxy groups -OCH3 is 1. The molecule has 1 N–H and O–H groups in total. The molecule has 0 aliphatic carbocycles. The molecule has 1 aliphatic rings. The van der Waals surface area contributed by atoms with Crippen molar-refractivity contribution in [1.29, 1.82) is 0 Å². The second kappa shape index (κ2) is 11.3. The molecule has 0 unspecified atom stereocenters. The number of thioether (sulfide) groups is 1. The third-order valence-corrected chi connectivity index (χ3v) is 7.25. The van der Waals surface area contributed by atoms with Gasteiger partial charge >= 0.3 is 0 Å². The quantitative estimate of drug-likeness (QED) is 0.266. The zero-order chi connectivity index (χ0) is 25.8. The molecule has 184 valence electrons. The van der Waals surface area contributed by atoms with Crippen molar-refractivity contribution in [1.82, 2.24) is 10.4 Å². The number of ether oxygens (including phenoxy) is 2. The van der Waals surface area contributed by atoms with Crippen molar-refractivity contribution in [3.05, 3.63) is 97.9 Å². The van der Waals surface area contributed by atoms with E-state index in [1.54, 1.807) is 54.6 Å². The summed E-state index contributed by atoms with van der Waals surface area (Å²) in [6.45, 7) is 2.09. The van der Waals surface area contributed by atoms with Crippen LogP contribution >= 0.6 is 47.2 Å². The third kappa shape index (κ3) is 5.84. The molecule has 0 spiro atoms. The van der Waals surface area contributed by atoms with E-state index in [1.165, 1.54) is 7.11 Å². The van der Waals surface area contributed by atoms with Crippen molar-refractivity contribution in [2.75, 3.05) is 7.11 Å². The van der Waals surface area contributed by atoms with E-state index < -0.39 is 11.8 Å². The predicted molar refractivity (Wildman–Crippen MR) is 147 cm³/mol. The average molecular weight is 559 g/mol. The molecule has 3 aromatic carbocycles. The van der Waals surface area contributed by atoms with E-state index in [4.69, 9.17) is 44.9 Å². The smallest absolute Gasteiger partial charge is 0.285 e. The Hall–Kier alpha value is -3.04. The van der Waals surface area contributed by atoms with Gasteiger partial charge in [-0.3, -0.25) is 15.0 Å². The number of halogens is 2. The molecule has 0 atom stereocenters. The second-order valence-corrected chi connectivity index (χ2v) is 10.2. The van der Waals surface area contributed by atoms with E-state index in [9.17, 15) is 9.59 Å². The highest BCUT2D eigenvalue weighted by Gasteiger charge is 2.33. The fourth-order valence-electron chi connectivity index (χ4n) is 3.30. The molecule has 10 heteroatoms. The third-order valence-electron chi connectivity index (χ3n) is 5.24. The lowest BCUT2D eigenvalue weighted by atomic mass is 10.1. The van der Waals surface area contributed by atoms with Gasteiger partial charge in [0.2, 0.25) is 0 Å². The maximum atomic E-state index is 12.9. The predicted octanol–water partition coefficient (Wildman–Crippen LogP) is 6.44. The topological polar surface area (TPSA) is 67.9 Å². The maximum Gasteiger partial charge on any atom is 0.285 e. The van der Waals surface area contributed by atoms with Crippen LogP contribution in [0.15, 0.2) is 65.6 Å².